The third kappa shape index (κ3) is 3.59. The Hall–Kier alpha value is -0.830. The second-order valence-corrected chi connectivity index (χ2v) is 6.81. The van der Waals surface area contributed by atoms with Gasteiger partial charge in [-0.1, -0.05) is 51.6 Å². The van der Waals surface area contributed by atoms with E-state index in [4.69, 9.17) is 16.3 Å². The topological polar surface area (TPSA) is 35.0 Å². The second-order valence-electron chi connectivity index (χ2n) is 6.45. The van der Waals surface area contributed by atoms with Crippen LogP contribution in [-0.4, -0.2) is 16.6 Å². The summed E-state index contributed by atoms with van der Waals surface area (Å²) in [7, 11) is 0. The molecule has 1 fully saturated rings. The lowest BCUT2D eigenvalue weighted by Gasteiger charge is -2.25. The molecule has 1 aliphatic carbocycles. The zero-order chi connectivity index (χ0) is 14.0. The van der Waals surface area contributed by atoms with Crippen LogP contribution in [0.1, 0.15) is 57.8 Å². The number of rotatable bonds is 4. The highest BCUT2D eigenvalue weighted by Gasteiger charge is 2.22. The van der Waals surface area contributed by atoms with Gasteiger partial charge in [-0.3, -0.25) is 0 Å². The smallest absolute Gasteiger partial charge is 0.221 e. The Morgan fingerprint density at radius 1 is 1.26 bits per heavy atom. The van der Waals surface area contributed by atoms with Gasteiger partial charge in [0.05, 0.1) is 6.61 Å². The van der Waals surface area contributed by atoms with Crippen LogP contribution in [0, 0.1) is 12.8 Å². The van der Waals surface area contributed by atoms with Gasteiger partial charge >= 0.3 is 0 Å². The van der Waals surface area contributed by atoms with E-state index in [9.17, 15) is 0 Å². The summed E-state index contributed by atoms with van der Waals surface area (Å²) in [6.45, 7) is 8.86. The van der Waals surface area contributed by atoms with E-state index in [2.05, 4.69) is 30.7 Å². The van der Waals surface area contributed by atoms with E-state index in [-0.39, 0.29) is 5.41 Å². The van der Waals surface area contributed by atoms with Crippen LogP contribution >= 0.6 is 11.6 Å². The Labute approximate surface area is 120 Å². The molecule has 0 unspecified atom stereocenters. The van der Waals surface area contributed by atoms with Crippen LogP contribution in [0.2, 0.25) is 5.15 Å². The lowest BCUT2D eigenvalue weighted by molar-refractivity contribution is 0.215. The molecule has 0 N–H and O–H groups in total. The van der Waals surface area contributed by atoms with Crippen molar-refractivity contribution in [1.29, 1.82) is 0 Å². The third-order valence-electron chi connectivity index (χ3n) is 3.70. The van der Waals surface area contributed by atoms with Crippen LogP contribution in [0.4, 0.5) is 0 Å². The third-order valence-corrected chi connectivity index (χ3v) is 4.07. The van der Waals surface area contributed by atoms with Crippen LogP contribution in [0.25, 0.3) is 0 Å². The Kier molecular flexibility index (Phi) is 4.34. The molecule has 1 aromatic heterocycles. The largest absolute Gasteiger partial charge is 0.477 e. The molecule has 1 aliphatic rings. The molecule has 4 heteroatoms. The summed E-state index contributed by atoms with van der Waals surface area (Å²) in [5.74, 6) is 2.23. The van der Waals surface area contributed by atoms with Gasteiger partial charge in [-0.05, 0) is 19.3 Å². The summed E-state index contributed by atoms with van der Waals surface area (Å²) in [6.07, 6.45) is 5.18. The summed E-state index contributed by atoms with van der Waals surface area (Å²) in [5, 5.41) is 0.499. The van der Waals surface area contributed by atoms with Gasteiger partial charge < -0.3 is 4.74 Å². The highest BCUT2D eigenvalue weighted by atomic mass is 35.5. The summed E-state index contributed by atoms with van der Waals surface area (Å²) < 4.78 is 5.82. The minimum absolute atomic E-state index is 0.122. The van der Waals surface area contributed by atoms with Crippen molar-refractivity contribution in [3.8, 4) is 5.88 Å². The first-order valence-electron chi connectivity index (χ1n) is 7.05. The minimum Gasteiger partial charge on any atom is -0.477 e. The van der Waals surface area contributed by atoms with Gasteiger partial charge in [-0.25, -0.2) is 4.98 Å². The van der Waals surface area contributed by atoms with Gasteiger partial charge in [-0.2, -0.15) is 4.98 Å². The summed E-state index contributed by atoms with van der Waals surface area (Å²) in [5.41, 5.74) is 0.715. The molecular formula is C15H23ClN2O. The normalized spacial score (nSPS) is 16.3. The average Bonchev–Trinajstić information content (AvgIpc) is 2.25. The van der Waals surface area contributed by atoms with Gasteiger partial charge in [0.2, 0.25) is 5.88 Å². The number of ether oxygens (including phenoxy) is 1. The van der Waals surface area contributed by atoms with Crippen LogP contribution in [-0.2, 0) is 5.41 Å². The molecule has 0 spiro atoms. The predicted octanol–water partition coefficient (Wildman–Crippen LogP) is 4.30. The maximum Gasteiger partial charge on any atom is 0.221 e. The molecule has 3 nitrogen and oxygen atoms in total. The summed E-state index contributed by atoms with van der Waals surface area (Å²) in [4.78, 5) is 8.88. The molecular weight excluding hydrogens is 260 g/mol. The van der Waals surface area contributed by atoms with Crippen molar-refractivity contribution < 1.29 is 4.74 Å². The number of hydrogen-bond donors (Lipinski definition) is 0. The van der Waals surface area contributed by atoms with E-state index in [1.165, 1.54) is 19.3 Å². The first-order chi connectivity index (χ1) is 8.88. The molecule has 0 aliphatic heterocycles. The van der Waals surface area contributed by atoms with E-state index in [0.717, 1.165) is 30.3 Å². The SMILES string of the molecule is Cc1c(Cl)nc(C(C)(C)C)nc1OCCC1CCC1. The van der Waals surface area contributed by atoms with E-state index in [0.29, 0.717) is 11.0 Å². The fourth-order valence-corrected chi connectivity index (χ4v) is 2.21. The lowest BCUT2D eigenvalue weighted by Crippen LogP contribution is -2.19. The lowest BCUT2D eigenvalue weighted by atomic mass is 9.83. The monoisotopic (exact) mass is 282 g/mol. The molecule has 0 radical (unpaired) electrons. The Balaban J connectivity index is 2.07. The molecule has 0 amide bonds. The van der Waals surface area contributed by atoms with Crippen molar-refractivity contribution in [2.75, 3.05) is 6.61 Å². The van der Waals surface area contributed by atoms with Gasteiger partial charge in [-0.15, -0.1) is 0 Å². The second kappa shape index (κ2) is 5.66. The first-order valence-corrected chi connectivity index (χ1v) is 7.43. The number of aromatic nitrogens is 2. The fraction of sp³-hybridized carbons (Fsp3) is 0.733. The molecule has 19 heavy (non-hydrogen) atoms. The van der Waals surface area contributed by atoms with Gasteiger partial charge in [0.25, 0.3) is 0 Å². The van der Waals surface area contributed by atoms with Crippen LogP contribution in [0.15, 0.2) is 0 Å². The molecule has 0 bridgehead atoms. The van der Waals surface area contributed by atoms with Gasteiger partial charge in [0.1, 0.15) is 11.0 Å². The minimum atomic E-state index is -0.122. The molecule has 106 valence electrons. The quantitative estimate of drug-likeness (QED) is 0.772. The Morgan fingerprint density at radius 3 is 2.47 bits per heavy atom. The first kappa shape index (κ1) is 14.6. The van der Waals surface area contributed by atoms with Crippen LogP contribution < -0.4 is 4.74 Å². The standard InChI is InChI=1S/C15H23ClN2O/c1-10-12(16)17-14(15(2,3)4)18-13(10)19-9-8-11-6-5-7-11/h11H,5-9H2,1-4H3. The van der Waals surface area contributed by atoms with Crippen molar-refractivity contribution in [3.05, 3.63) is 16.5 Å². The zero-order valence-electron chi connectivity index (χ0n) is 12.3. The number of hydrogen-bond acceptors (Lipinski definition) is 3. The fourth-order valence-electron chi connectivity index (χ4n) is 2.05. The van der Waals surface area contributed by atoms with Gasteiger partial charge in [0, 0.05) is 11.0 Å². The van der Waals surface area contributed by atoms with E-state index in [1.54, 1.807) is 0 Å². The highest BCUT2D eigenvalue weighted by molar-refractivity contribution is 6.30. The van der Waals surface area contributed by atoms with E-state index >= 15 is 0 Å². The molecule has 1 aromatic rings. The highest BCUT2D eigenvalue weighted by Crippen LogP contribution is 2.30. The number of nitrogens with zero attached hydrogens (tertiary/aromatic N) is 2. The van der Waals surface area contributed by atoms with E-state index < -0.39 is 0 Å². The molecule has 0 atom stereocenters. The Bertz CT molecular complexity index is 450. The summed E-state index contributed by atoms with van der Waals surface area (Å²) in [6, 6.07) is 0. The van der Waals surface area contributed by atoms with Crippen molar-refractivity contribution >= 4 is 11.6 Å². The van der Waals surface area contributed by atoms with Gasteiger partial charge in [0.15, 0.2) is 0 Å². The maximum atomic E-state index is 6.17. The molecule has 1 saturated carbocycles. The van der Waals surface area contributed by atoms with Crippen LogP contribution in [0.5, 0.6) is 5.88 Å². The summed E-state index contributed by atoms with van der Waals surface area (Å²) >= 11 is 6.17. The maximum absolute atomic E-state index is 6.17. The molecule has 2 rings (SSSR count). The molecule has 1 heterocycles. The van der Waals surface area contributed by atoms with Crippen molar-refractivity contribution in [1.82, 2.24) is 9.97 Å². The molecule has 0 aromatic carbocycles. The van der Waals surface area contributed by atoms with E-state index in [1.807, 2.05) is 6.92 Å². The Morgan fingerprint density at radius 2 is 1.95 bits per heavy atom. The zero-order valence-corrected chi connectivity index (χ0v) is 13.0. The van der Waals surface area contributed by atoms with Crippen molar-refractivity contribution in [3.63, 3.8) is 0 Å². The van der Waals surface area contributed by atoms with Crippen molar-refractivity contribution in [2.24, 2.45) is 5.92 Å². The van der Waals surface area contributed by atoms with Crippen LogP contribution in [0.3, 0.4) is 0 Å². The molecule has 0 saturated heterocycles. The predicted molar refractivity (Wildman–Crippen MR) is 77.9 cm³/mol. The van der Waals surface area contributed by atoms with Crippen molar-refractivity contribution in [2.45, 2.75) is 58.8 Å². The number of halogens is 1. The average molecular weight is 283 g/mol.